The highest BCUT2D eigenvalue weighted by Crippen LogP contribution is 2.40. The average molecular weight is 271 g/mol. The zero-order valence-corrected chi connectivity index (χ0v) is 12.3. The summed E-state index contributed by atoms with van der Waals surface area (Å²) < 4.78 is 31.7. The molecule has 0 aromatic carbocycles. The SMILES string of the molecule is [2H]C([2H])([2H])CC(=O)OCC(=C)O[C@@H](C)[C@@H]1CCCC(C)(C)C1. The molecule has 1 saturated carbocycles. The zero-order chi connectivity index (χ0) is 17.0. The van der Waals surface area contributed by atoms with Crippen LogP contribution in [-0.4, -0.2) is 18.7 Å². The Hall–Kier alpha value is -0.990. The van der Waals surface area contributed by atoms with Crippen molar-refractivity contribution in [2.45, 2.75) is 65.8 Å². The molecule has 3 nitrogen and oxygen atoms in total. The molecular formula is C16H28O3. The van der Waals surface area contributed by atoms with Gasteiger partial charge in [-0.2, -0.15) is 0 Å². The first kappa shape index (κ1) is 11.8. The maximum Gasteiger partial charge on any atom is 0.305 e. The second kappa shape index (κ2) is 6.97. The lowest BCUT2D eigenvalue weighted by atomic mass is 9.71. The second-order valence-corrected chi connectivity index (χ2v) is 6.22. The Kier molecular flexibility index (Phi) is 4.33. The van der Waals surface area contributed by atoms with Crippen LogP contribution in [0, 0.1) is 11.3 Å². The Bertz CT molecular complexity index is 402. The van der Waals surface area contributed by atoms with Crippen LogP contribution in [-0.2, 0) is 14.3 Å². The average Bonchev–Trinajstić information content (AvgIpc) is 2.33. The van der Waals surface area contributed by atoms with E-state index >= 15 is 0 Å². The molecule has 1 aliphatic carbocycles. The van der Waals surface area contributed by atoms with Gasteiger partial charge < -0.3 is 9.47 Å². The van der Waals surface area contributed by atoms with Crippen LogP contribution < -0.4 is 0 Å². The number of hydrogen-bond acceptors (Lipinski definition) is 3. The first-order valence-corrected chi connectivity index (χ1v) is 6.99. The molecule has 110 valence electrons. The number of rotatable bonds is 6. The molecule has 1 fully saturated rings. The van der Waals surface area contributed by atoms with E-state index in [9.17, 15) is 4.79 Å². The molecule has 0 heterocycles. The van der Waals surface area contributed by atoms with Gasteiger partial charge in [-0.05, 0) is 37.5 Å². The van der Waals surface area contributed by atoms with Gasteiger partial charge in [-0.1, -0.05) is 33.7 Å². The van der Waals surface area contributed by atoms with E-state index in [1.807, 2.05) is 6.92 Å². The number of ether oxygens (including phenoxy) is 2. The molecule has 3 heteroatoms. The maximum atomic E-state index is 11.4. The summed E-state index contributed by atoms with van der Waals surface area (Å²) in [5.41, 5.74) is 0.341. The van der Waals surface area contributed by atoms with E-state index in [0.29, 0.717) is 17.1 Å². The number of hydrogen-bond donors (Lipinski definition) is 0. The first-order valence-electron chi connectivity index (χ1n) is 8.49. The predicted molar refractivity (Wildman–Crippen MR) is 76.7 cm³/mol. The highest BCUT2D eigenvalue weighted by molar-refractivity contribution is 5.68. The molecule has 1 aliphatic rings. The van der Waals surface area contributed by atoms with Gasteiger partial charge in [0.25, 0.3) is 0 Å². The lowest BCUT2D eigenvalue weighted by Crippen LogP contribution is -2.31. The van der Waals surface area contributed by atoms with E-state index in [-0.39, 0.29) is 12.7 Å². The van der Waals surface area contributed by atoms with Gasteiger partial charge in [-0.15, -0.1) is 0 Å². The molecule has 0 unspecified atom stereocenters. The van der Waals surface area contributed by atoms with E-state index in [2.05, 4.69) is 20.4 Å². The normalized spacial score (nSPS) is 26.5. The minimum Gasteiger partial charge on any atom is -0.492 e. The minimum absolute atomic E-state index is 0.0217. The van der Waals surface area contributed by atoms with Crippen molar-refractivity contribution in [3.8, 4) is 0 Å². The molecular weight excluding hydrogens is 240 g/mol. The van der Waals surface area contributed by atoms with Crippen molar-refractivity contribution < 1.29 is 18.4 Å². The maximum absolute atomic E-state index is 11.4. The highest BCUT2D eigenvalue weighted by atomic mass is 16.6. The van der Waals surface area contributed by atoms with Gasteiger partial charge in [0.1, 0.15) is 12.4 Å². The third kappa shape index (κ3) is 5.66. The van der Waals surface area contributed by atoms with Gasteiger partial charge in [0.15, 0.2) is 0 Å². The molecule has 0 amide bonds. The van der Waals surface area contributed by atoms with Gasteiger partial charge in [0, 0.05) is 10.5 Å². The van der Waals surface area contributed by atoms with Crippen molar-refractivity contribution in [1.29, 1.82) is 0 Å². The summed E-state index contributed by atoms with van der Waals surface area (Å²) in [4.78, 5) is 11.4. The summed E-state index contributed by atoms with van der Waals surface area (Å²) in [5, 5.41) is 0. The smallest absolute Gasteiger partial charge is 0.305 e. The van der Waals surface area contributed by atoms with E-state index in [4.69, 9.17) is 13.6 Å². The van der Waals surface area contributed by atoms with Crippen LogP contribution in [0.2, 0.25) is 0 Å². The van der Waals surface area contributed by atoms with Crippen LogP contribution >= 0.6 is 0 Å². The van der Waals surface area contributed by atoms with Gasteiger partial charge in [-0.25, -0.2) is 0 Å². The van der Waals surface area contributed by atoms with Crippen molar-refractivity contribution in [1.82, 2.24) is 0 Å². The van der Waals surface area contributed by atoms with E-state index in [1.54, 1.807) is 0 Å². The first-order chi connectivity index (χ1) is 9.98. The van der Waals surface area contributed by atoms with Crippen LogP contribution in [0.15, 0.2) is 12.3 Å². The Morgan fingerprint density at radius 3 is 2.95 bits per heavy atom. The van der Waals surface area contributed by atoms with Crippen LogP contribution in [0.4, 0.5) is 0 Å². The molecule has 0 spiro atoms. The van der Waals surface area contributed by atoms with Gasteiger partial charge in [0.05, 0.1) is 6.10 Å². The van der Waals surface area contributed by atoms with Crippen LogP contribution in [0.5, 0.6) is 0 Å². The zero-order valence-electron chi connectivity index (χ0n) is 15.3. The summed E-state index contributed by atoms with van der Waals surface area (Å²) in [6, 6.07) is 0. The fourth-order valence-corrected chi connectivity index (χ4v) is 2.76. The molecule has 2 atom stereocenters. The van der Waals surface area contributed by atoms with Crippen molar-refractivity contribution in [3.05, 3.63) is 12.3 Å². The summed E-state index contributed by atoms with van der Waals surface area (Å²) in [5.74, 6) is 0.0875. The fraction of sp³-hybridized carbons (Fsp3) is 0.812. The Morgan fingerprint density at radius 1 is 1.58 bits per heavy atom. The third-order valence-electron chi connectivity index (χ3n) is 3.80. The topological polar surface area (TPSA) is 35.5 Å². The molecule has 0 aromatic heterocycles. The summed E-state index contributed by atoms with van der Waals surface area (Å²) in [6.07, 6.45) is 4.12. The van der Waals surface area contributed by atoms with Crippen LogP contribution in [0.1, 0.15) is 63.8 Å². The Morgan fingerprint density at radius 2 is 2.32 bits per heavy atom. The van der Waals surface area contributed by atoms with E-state index < -0.39 is 19.2 Å². The number of carbonyl (C=O) groups excluding carboxylic acids is 1. The largest absolute Gasteiger partial charge is 0.492 e. The standard InChI is InChI=1S/C16H28O3/c1-6-15(17)18-11-12(2)19-13(3)14-8-7-9-16(4,5)10-14/h13-14H,2,6-11H2,1,3-5H3/t13-,14+/m0/s1/i1D3. The van der Waals surface area contributed by atoms with E-state index in [1.165, 1.54) is 12.8 Å². The Balaban J connectivity index is 2.34. The van der Waals surface area contributed by atoms with Crippen LogP contribution in [0.3, 0.4) is 0 Å². The van der Waals surface area contributed by atoms with Gasteiger partial charge >= 0.3 is 5.97 Å². The minimum atomic E-state index is -2.31. The molecule has 0 saturated heterocycles. The number of esters is 1. The molecule has 19 heavy (non-hydrogen) atoms. The number of carbonyl (C=O) groups is 1. The van der Waals surface area contributed by atoms with E-state index in [0.717, 1.165) is 12.8 Å². The fourth-order valence-electron chi connectivity index (χ4n) is 2.76. The molecule has 0 N–H and O–H groups in total. The van der Waals surface area contributed by atoms with Gasteiger partial charge in [0.2, 0.25) is 0 Å². The lowest BCUT2D eigenvalue weighted by molar-refractivity contribution is -0.143. The summed E-state index contributed by atoms with van der Waals surface area (Å²) in [6.45, 7) is 7.93. The van der Waals surface area contributed by atoms with Gasteiger partial charge in [-0.3, -0.25) is 4.79 Å². The molecule has 0 aliphatic heterocycles. The van der Waals surface area contributed by atoms with Crippen molar-refractivity contribution in [2.75, 3.05) is 6.61 Å². The predicted octanol–water partition coefficient (Wildman–Crippen LogP) is 4.07. The third-order valence-corrected chi connectivity index (χ3v) is 3.80. The van der Waals surface area contributed by atoms with Crippen molar-refractivity contribution in [2.24, 2.45) is 11.3 Å². The molecule has 1 rings (SSSR count). The highest BCUT2D eigenvalue weighted by Gasteiger charge is 2.31. The Labute approximate surface area is 121 Å². The quantitative estimate of drug-likeness (QED) is 0.539. The molecule has 0 bridgehead atoms. The monoisotopic (exact) mass is 271 g/mol. The van der Waals surface area contributed by atoms with Crippen molar-refractivity contribution >= 4 is 5.97 Å². The second-order valence-electron chi connectivity index (χ2n) is 6.22. The lowest BCUT2D eigenvalue weighted by Gasteiger charge is -2.38. The van der Waals surface area contributed by atoms with Crippen molar-refractivity contribution in [3.63, 3.8) is 0 Å². The molecule has 0 aromatic rings. The molecule has 0 radical (unpaired) electrons. The van der Waals surface area contributed by atoms with Crippen LogP contribution in [0.25, 0.3) is 0 Å². The summed E-state index contributed by atoms with van der Waals surface area (Å²) in [7, 11) is 0. The summed E-state index contributed by atoms with van der Waals surface area (Å²) >= 11 is 0.